The summed E-state index contributed by atoms with van der Waals surface area (Å²) in [4.78, 5) is 4.50. The number of hydrogen-bond acceptors (Lipinski definition) is 3. The van der Waals surface area contributed by atoms with Gasteiger partial charge in [-0.2, -0.15) is 0 Å². The number of aliphatic imine (C=N–C) groups is 1. The van der Waals surface area contributed by atoms with Crippen LogP contribution < -0.4 is 0 Å². The lowest BCUT2D eigenvalue weighted by Crippen LogP contribution is -2.23. The van der Waals surface area contributed by atoms with Gasteiger partial charge in [-0.05, 0) is 18.6 Å². The van der Waals surface area contributed by atoms with Crippen molar-refractivity contribution < 1.29 is 10.2 Å². The molecule has 0 radical (unpaired) electrons. The lowest BCUT2D eigenvalue weighted by molar-refractivity contribution is 0.0454. The second kappa shape index (κ2) is 3.95. The zero-order valence-electron chi connectivity index (χ0n) is 9.24. The third kappa shape index (κ3) is 1.64. The molecule has 3 nitrogen and oxygen atoms in total. The van der Waals surface area contributed by atoms with Crippen LogP contribution in [0.15, 0.2) is 53.1 Å². The molecule has 86 valence electrons. The Kier molecular flexibility index (Phi) is 2.42. The number of fused-ring (bicyclic) bond motifs is 2. The lowest BCUT2D eigenvalue weighted by atomic mass is 9.93. The molecule has 0 unspecified atom stereocenters. The molecule has 2 atom stereocenters. The van der Waals surface area contributed by atoms with E-state index in [1.165, 1.54) is 0 Å². The van der Waals surface area contributed by atoms with Crippen molar-refractivity contribution in [3.8, 4) is 0 Å². The normalized spacial score (nSPS) is 26.5. The van der Waals surface area contributed by atoms with Crippen molar-refractivity contribution in [1.29, 1.82) is 0 Å². The van der Waals surface area contributed by atoms with E-state index in [1.54, 1.807) is 6.07 Å². The molecule has 0 aromatic heterocycles. The number of aliphatic hydroxyl groups is 2. The van der Waals surface area contributed by atoms with Crippen molar-refractivity contribution in [3.05, 3.63) is 53.6 Å². The van der Waals surface area contributed by atoms with Gasteiger partial charge in [0, 0.05) is 11.1 Å². The summed E-state index contributed by atoms with van der Waals surface area (Å²) in [6.45, 7) is 0. The Morgan fingerprint density at radius 2 is 1.94 bits per heavy atom. The van der Waals surface area contributed by atoms with E-state index in [4.69, 9.17) is 0 Å². The van der Waals surface area contributed by atoms with Crippen LogP contribution in [0.2, 0.25) is 0 Å². The molecule has 0 fully saturated rings. The first-order valence-electron chi connectivity index (χ1n) is 5.68. The molecule has 2 N–H and O–H groups in total. The average molecular weight is 227 g/mol. The zero-order chi connectivity index (χ0) is 11.8. The predicted octanol–water partition coefficient (Wildman–Crippen LogP) is 2.05. The molecule has 3 rings (SSSR count). The van der Waals surface area contributed by atoms with Crippen LogP contribution in [0.4, 0.5) is 5.69 Å². The Morgan fingerprint density at radius 1 is 1.12 bits per heavy atom. The smallest absolute Gasteiger partial charge is 0.111 e. The summed E-state index contributed by atoms with van der Waals surface area (Å²) in [6.07, 6.45) is 4.77. The summed E-state index contributed by atoms with van der Waals surface area (Å²) in [7, 11) is 0. The first kappa shape index (κ1) is 10.4. The van der Waals surface area contributed by atoms with Crippen molar-refractivity contribution in [2.75, 3.05) is 0 Å². The Balaban J connectivity index is 2.21. The van der Waals surface area contributed by atoms with Gasteiger partial charge in [-0.1, -0.05) is 30.4 Å². The van der Waals surface area contributed by atoms with Gasteiger partial charge in [-0.25, -0.2) is 4.99 Å². The van der Waals surface area contributed by atoms with Gasteiger partial charge >= 0.3 is 0 Å². The highest BCUT2D eigenvalue weighted by atomic mass is 16.3. The zero-order valence-corrected chi connectivity index (χ0v) is 9.24. The Hall–Kier alpha value is -1.71. The van der Waals surface area contributed by atoms with Gasteiger partial charge in [-0.15, -0.1) is 0 Å². The Morgan fingerprint density at radius 3 is 2.82 bits per heavy atom. The second-order valence-electron chi connectivity index (χ2n) is 4.24. The highest BCUT2D eigenvalue weighted by Crippen LogP contribution is 2.35. The molecule has 1 aromatic rings. The molecular formula is C14H13NO2. The van der Waals surface area contributed by atoms with Crippen molar-refractivity contribution in [1.82, 2.24) is 0 Å². The van der Waals surface area contributed by atoms with Crippen LogP contribution in [0.3, 0.4) is 0 Å². The van der Waals surface area contributed by atoms with E-state index >= 15 is 0 Å². The molecule has 1 aromatic carbocycles. The monoisotopic (exact) mass is 227 g/mol. The van der Waals surface area contributed by atoms with Crippen LogP contribution in [0.1, 0.15) is 18.1 Å². The van der Waals surface area contributed by atoms with Crippen molar-refractivity contribution >= 4 is 11.4 Å². The minimum absolute atomic E-state index is 0.677. The van der Waals surface area contributed by atoms with E-state index in [0.717, 1.165) is 23.4 Å². The fourth-order valence-electron chi connectivity index (χ4n) is 2.26. The molecule has 0 saturated heterocycles. The van der Waals surface area contributed by atoms with Gasteiger partial charge in [-0.3, -0.25) is 0 Å². The number of rotatable bonds is 0. The first-order valence-corrected chi connectivity index (χ1v) is 5.68. The number of nitrogens with zero attached hydrogens (tertiary/aromatic N) is 1. The van der Waals surface area contributed by atoms with Crippen molar-refractivity contribution in [2.45, 2.75) is 18.6 Å². The largest absolute Gasteiger partial charge is 0.385 e. The van der Waals surface area contributed by atoms with Crippen LogP contribution >= 0.6 is 0 Å². The average Bonchev–Trinajstić information content (AvgIpc) is 2.48. The highest BCUT2D eigenvalue weighted by Gasteiger charge is 2.29. The van der Waals surface area contributed by atoms with E-state index in [9.17, 15) is 10.2 Å². The van der Waals surface area contributed by atoms with E-state index in [-0.39, 0.29) is 0 Å². The van der Waals surface area contributed by atoms with Crippen LogP contribution in [-0.2, 0) is 0 Å². The van der Waals surface area contributed by atoms with E-state index in [2.05, 4.69) is 4.99 Å². The van der Waals surface area contributed by atoms with E-state index in [1.807, 2.05) is 36.4 Å². The second-order valence-corrected chi connectivity index (χ2v) is 4.24. The molecule has 2 aliphatic rings. The minimum atomic E-state index is -0.912. The summed E-state index contributed by atoms with van der Waals surface area (Å²) in [5.74, 6) is 0. The van der Waals surface area contributed by atoms with Crippen molar-refractivity contribution in [3.63, 3.8) is 0 Å². The topological polar surface area (TPSA) is 52.8 Å². The molecule has 3 heteroatoms. The molecular weight excluding hydrogens is 214 g/mol. The summed E-state index contributed by atoms with van der Waals surface area (Å²) in [5.41, 5.74) is 2.86. The maximum Gasteiger partial charge on any atom is 0.111 e. The molecule has 0 spiro atoms. The summed E-state index contributed by atoms with van der Waals surface area (Å²) < 4.78 is 0. The van der Waals surface area contributed by atoms with Gasteiger partial charge in [0.1, 0.15) is 12.2 Å². The number of aliphatic hydroxyl groups excluding tert-OH is 2. The summed E-state index contributed by atoms with van der Waals surface area (Å²) >= 11 is 0. The van der Waals surface area contributed by atoms with Gasteiger partial charge in [0.05, 0.1) is 11.4 Å². The maximum absolute atomic E-state index is 10.2. The molecule has 17 heavy (non-hydrogen) atoms. The Labute approximate surface area is 99.4 Å². The van der Waals surface area contributed by atoms with E-state index < -0.39 is 12.2 Å². The van der Waals surface area contributed by atoms with Crippen molar-refractivity contribution in [2.24, 2.45) is 4.99 Å². The Bertz CT molecular complexity index is 543. The standard InChI is InChI=1S/C14H13NO2/c16-13-9-5-1-3-7-11(9)15-12-8-4-2-6-10(12)14(13)17/h1,3-8,13-14,16-17H,2H2/t13-,14+/m0/s1. The maximum atomic E-state index is 10.2. The van der Waals surface area contributed by atoms with Gasteiger partial charge < -0.3 is 10.2 Å². The number of para-hydroxylation sites is 1. The molecule has 1 aliphatic carbocycles. The molecule has 0 saturated carbocycles. The highest BCUT2D eigenvalue weighted by molar-refractivity contribution is 6.11. The van der Waals surface area contributed by atoms with Crippen LogP contribution in [-0.4, -0.2) is 22.0 Å². The third-order valence-corrected chi connectivity index (χ3v) is 3.16. The fourth-order valence-corrected chi connectivity index (χ4v) is 2.26. The van der Waals surface area contributed by atoms with Crippen LogP contribution in [0, 0.1) is 0 Å². The first-order chi connectivity index (χ1) is 8.27. The van der Waals surface area contributed by atoms with Gasteiger partial charge in [0.25, 0.3) is 0 Å². The number of hydrogen-bond donors (Lipinski definition) is 2. The van der Waals surface area contributed by atoms with Crippen LogP contribution in [0.5, 0.6) is 0 Å². The molecule has 1 aliphatic heterocycles. The summed E-state index contributed by atoms with van der Waals surface area (Å²) in [5, 5.41) is 20.3. The summed E-state index contributed by atoms with van der Waals surface area (Å²) in [6, 6.07) is 7.37. The predicted molar refractivity (Wildman–Crippen MR) is 66.3 cm³/mol. The molecule has 1 heterocycles. The molecule has 0 bridgehead atoms. The SMILES string of the molecule is O[C@@H]1C2=CCC=CC2=Nc2ccccc2[C@@H]1O. The number of allylic oxidation sites excluding steroid dienone is 3. The fraction of sp³-hybridized carbons (Fsp3) is 0.214. The van der Waals surface area contributed by atoms with E-state index in [0.29, 0.717) is 5.56 Å². The lowest BCUT2D eigenvalue weighted by Gasteiger charge is -2.20. The van der Waals surface area contributed by atoms with Crippen LogP contribution in [0.25, 0.3) is 0 Å². The van der Waals surface area contributed by atoms with Gasteiger partial charge in [0.15, 0.2) is 0 Å². The number of benzene rings is 1. The minimum Gasteiger partial charge on any atom is -0.385 e. The quantitative estimate of drug-likeness (QED) is 0.712. The van der Waals surface area contributed by atoms with Gasteiger partial charge in [0.2, 0.25) is 0 Å². The molecule has 0 amide bonds. The third-order valence-electron chi connectivity index (χ3n) is 3.16.